The molecule has 6 nitrogen and oxygen atoms in total. The molecule has 0 aliphatic carbocycles. The number of carbonyl (C=O) groups is 1. The summed E-state index contributed by atoms with van der Waals surface area (Å²) in [5.41, 5.74) is 4.70. The van der Waals surface area contributed by atoms with E-state index in [4.69, 9.17) is 4.52 Å². The van der Waals surface area contributed by atoms with Crippen molar-refractivity contribution in [1.29, 1.82) is 0 Å². The van der Waals surface area contributed by atoms with Crippen LogP contribution in [0.2, 0.25) is 0 Å². The zero-order valence-corrected chi connectivity index (χ0v) is 19.0. The molecule has 1 N–H and O–H groups in total. The molecule has 6 heteroatoms. The standard InChI is InChI=1S/C26H32N4O2/c1-19-11-13-21(14-12-19)8-5-15-27-26(31)22-9-6-16-30(17-22)18-24-28-25(29-32-24)23-10-4-3-7-20(23)2/h3-4,7,10-14,22H,5-6,8-9,15-18H2,1-2H3,(H,27,31). The van der Waals surface area contributed by atoms with Crippen molar-refractivity contribution in [2.75, 3.05) is 19.6 Å². The number of piperidine rings is 1. The zero-order chi connectivity index (χ0) is 22.3. The fourth-order valence-corrected chi connectivity index (χ4v) is 4.26. The predicted molar refractivity (Wildman–Crippen MR) is 125 cm³/mol. The number of hydrogen-bond donors (Lipinski definition) is 1. The van der Waals surface area contributed by atoms with E-state index in [9.17, 15) is 4.79 Å². The van der Waals surface area contributed by atoms with Crippen LogP contribution >= 0.6 is 0 Å². The molecule has 0 saturated carbocycles. The number of nitrogens with zero attached hydrogens (tertiary/aromatic N) is 3. The molecule has 1 aliphatic rings. The normalized spacial score (nSPS) is 16.8. The van der Waals surface area contributed by atoms with E-state index in [1.807, 2.05) is 31.2 Å². The molecule has 1 fully saturated rings. The molecular weight excluding hydrogens is 400 g/mol. The number of likely N-dealkylation sites (tertiary alicyclic amines) is 1. The Morgan fingerprint density at radius 1 is 1.16 bits per heavy atom. The number of rotatable bonds is 8. The Labute approximate surface area is 190 Å². The summed E-state index contributed by atoms with van der Waals surface area (Å²) in [5.74, 6) is 1.40. The van der Waals surface area contributed by atoms with Crippen molar-refractivity contribution in [3.63, 3.8) is 0 Å². The minimum Gasteiger partial charge on any atom is -0.356 e. The summed E-state index contributed by atoms with van der Waals surface area (Å²) in [5, 5.41) is 7.29. The third-order valence-corrected chi connectivity index (χ3v) is 6.15. The number of nitrogens with one attached hydrogen (secondary N) is 1. The molecule has 3 aromatic rings. The lowest BCUT2D eigenvalue weighted by atomic mass is 9.97. The molecule has 1 saturated heterocycles. The predicted octanol–water partition coefficient (Wildman–Crippen LogP) is 4.31. The average molecular weight is 433 g/mol. The third-order valence-electron chi connectivity index (χ3n) is 6.15. The van der Waals surface area contributed by atoms with Crippen molar-refractivity contribution in [3.05, 3.63) is 71.1 Å². The topological polar surface area (TPSA) is 71.3 Å². The Kier molecular flexibility index (Phi) is 7.32. The quantitative estimate of drug-likeness (QED) is 0.537. The summed E-state index contributed by atoms with van der Waals surface area (Å²) < 4.78 is 5.50. The highest BCUT2D eigenvalue weighted by atomic mass is 16.5. The molecule has 0 bridgehead atoms. The Bertz CT molecular complexity index is 1030. The maximum atomic E-state index is 12.7. The van der Waals surface area contributed by atoms with Crippen molar-refractivity contribution >= 4 is 5.91 Å². The number of aromatic nitrogens is 2. The van der Waals surface area contributed by atoms with Crippen LogP contribution in [0, 0.1) is 19.8 Å². The van der Waals surface area contributed by atoms with Gasteiger partial charge in [-0.25, -0.2) is 0 Å². The fraction of sp³-hybridized carbons (Fsp3) is 0.423. The van der Waals surface area contributed by atoms with E-state index in [2.05, 4.69) is 51.5 Å². The molecule has 1 atom stereocenters. The van der Waals surface area contributed by atoms with Crippen molar-refractivity contribution in [1.82, 2.24) is 20.4 Å². The van der Waals surface area contributed by atoms with E-state index < -0.39 is 0 Å². The van der Waals surface area contributed by atoms with E-state index in [0.717, 1.165) is 49.9 Å². The Morgan fingerprint density at radius 2 is 1.97 bits per heavy atom. The lowest BCUT2D eigenvalue weighted by Crippen LogP contribution is -2.43. The van der Waals surface area contributed by atoms with Crippen LogP contribution in [0.3, 0.4) is 0 Å². The lowest BCUT2D eigenvalue weighted by Gasteiger charge is -2.30. The molecule has 168 valence electrons. The molecule has 1 amide bonds. The largest absolute Gasteiger partial charge is 0.356 e. The Hall–Kier alpha value is -2.99. The SMILES string of the molecule is Cc1ccc(CCCNC(=O)C2CCCN(Cc3nc(-c4ccccc4C)no3)C2)cc1. The molecule has 1 aromatic heterocycles. The summed E-state index contributed by atoms with van der Waals surface area (Å²) >= 11 is 0. The average Bonchev–Trinajstić information content (AvgIpc) is 3.26. The van der Waals surface area contributed by atoms with Gasteiger partial charge in [-0.15, -0.1) is 0 Å². The van der Waals surface area contributed by atoms with E-state index in [1.165, 1.54) is 11.1 Å². The number of aryl methyl sites for hydroxylation is 3. The highest BCUT2D eigenvalue weighted by Crippen LogP contribution is 2.22. The first-order valence-corrected chi connectivity index (χ1v) is 11.5. The highest BCUT2D eigenvalue weighted by Gasteiger charge is 2.26. The molecule has 32 heavy (non-hydrogen) atoms. The molecule has 2 heterocycles. The van der Waals surface area contributed by atoms with Gasteiger partial charge in [0.2, 0.25) is 17.6 Å². The van der Waals surface area contributed by atoms with Gasteiger partial charge < -0.3 is 9.84 Å². The van der Waals surface area contributed by atoms with E-state index in [0.29, 0.717) is 24.8 Å². The monoisotopic (exact) mass is 432 g/mol. The molecule has 0 radical (unpaired) electrons. The van der Waals surface area contributed by atoms with Crippen molar-refractivity contribution in [2.24, 2.45) is 5.92 Å². The highest BCUT2D eigenvalue weighted by molar-refractivity contribution is 5.78. The Balaban J connectivity index is 1.24. The third kappa shape index (κ3) is 5.82. The van der Waals surface area contributed by atoms with Gasteiger partial charge in [-0.1, -0.05) is 59.3 Å². The van der Waals surface area contributed by atoms with Gasteiger partial charge in [-0.05, 0) is 57.2 Å². The van der Waals surface area contributed by atoms with Crippen LogP contribution in [-0.4, -0.2) is 40.6 Å². The summed E-state index contributed by atoms with van der Waals surface area (Å²) in [4.78, 5) is 19.5. The summed E-state index contributed by atoms with van der Waals surface area (Å²) in [6.07, 6.45) is 3.87. The van der Waals surface area contributed by atoms with Crippen molar-refractivity contribution < 1.29 is 9.32 Å². The Morgan fingerprint density at radius 3 is 2.78 bits per heavy atom. The van der Waals surface area contributed by atoms with Gasteiger partial charge in [0.1, 0.15) is 0 Å². The summed E-state index contributed by atoms with van der Waals surface area (Å²) in [7, 11) is 0. The van der Waals surface area contributed by atoms with Gasteiger partial charge in [-0.2, -0.15) is 4.98 Å². The molecule has 0 spiro atoms. The smallest absolute Gasteiger partial charge is 0.241 e. The van der Waals surface area contributed by atoms with Crippen LogP contribution in [0.15, 0.2) is 53.1 Å². The van der Waals surface area contributed by atoms with Crippen LogP contribution < -0.4 is 5.32 Å². The molecular formula is C26H32N4O2. The van der Waals surface area contributed by atoms with Gasteiger partial charge in [0.15, 0.2) is 0 Å². The van der Waals surface area contributed by atoms with Crippen molar-refractivity contribution in [3.8, 4) is 11.4 Å². The zero-order valence-electron chi connectivity index (χ0n) is 19.0. The first kappa shape index (κ1) is 22.2. The van der Waals surface area contributed by atoms with Gasteiger partial charge >= 0.3 is 0 Å². The van der Waals surface area contributed by atoms with Crippen LogP contribution in [0.5, 0.6) is 0 Å². The molecule has 2 aromatic carbocycles. The minimum absolute atomic E-state index is 0.0156. The molecule has 1 aliphatic heterocycles. The molecule has 4 rings (SSSR count). The van der Waals surface area contributed by atoms with Gasteiger partial charge in [0.05, 0.1) is 12.5 Å². The van der Waals surface area contributed by atoms with Crippen LogP contribution in [0.1, 0.15) is 41.8 Å². The minimum atomic E-state index is 0.0156. The first-order chi connectivity index (χ1) is 15.6. The number of amides is 1. The second-order valence-corrected chi connectivity index (χ2v) is 8.78. The summed E-state index contributed by atoms with van der Waals surface area (Å²) in [6.45, 7) is 7.10. The van der Waals surface area contributed by atoms with Crippen LogP contribution in [0.25, 0.3) is 11.4 Å². The van der Waals surface area contributed by atoms with E-state index in [1.54, 1.807) is 0 Å². The van der Waals surface area contributed by atoms with E-state index in [-0.39, 0.29) is 11.8 Å². The number of benzene rings is 2. The van der Waals surface area contributed by atoms with Gasteiger partial charge in [0, 0.05) is 18.7 Å². The second kappa shape index (κ2) is 10.6. The lowest BCUT2D eigenvalue weighted by molar-refractivity contribution is -0.126. The van der Waals surface area contributed by atoms with Crippen LogP contribution in [-0.2, 0) is 17.8 Å². The van der Waals surface area contributed by atoms with Crippen LogP contribution in [0.4, 0.5) is 0 Å². The fourth-order valence-electron chi connectivity index (χ4n) is 4.26. The van der Waals surface area contributed by atoms with Gasteiger partial charge in [-0.3, -0.25) is 9.69 Å². The van der Waals surface area contributed by atoms with Gasteiger partial charge in [0.25, 0.3) is 0 Å². The maximum absolute atomic E-state index is 12.7. The number of hydrogen-bond acceptors (Lipinski definition) is 5. The molecule has 1 unspecified atom stereocenters. The van der Waals surface area contributed by atoms with Crippen molar-refractivity contribution in [2.45, 2.75) is 46.1 Å². The maximum Gasteiger partial charge on any atom is 0.241 e. The number of carbonyl (C=O) groups excluding carboxylic acids is 1. The summed E-state index contributed by atoms with van der Waals surface area (Å²) in [6, 6.07) is 16.6. The van der Waals surface area contributed by atoms with E-state index >= 15 is 0 Å². The first-order valence-electron chi connectivity index (χ1n) is 11.5. The second-order valence-electron chi connectivity index (χ2n) is 8.78.